The second-order valence-electron chi connectivity index (χ2n) is 3.85. The van der Waals surface area contributed by atoms with Crippen LogP contribution in [0.2, 0.25) is 0 Å². The highest BCUT2D eigenvalue weighted by atomic mass is 32.1. The molecule has 0 amide bonds. The Morgan fingerprint density at radius 1 is 1.42 bits per heavy atom. The number of carboxylic acid groups (broad SMARTS) is 1. The van der Waals surface area contributed by atoms with Gasteiger partial charge in [-0.2, -0.15) is 0 Å². The number of methoxy groups -OCH3 is 1. The third-order valence-corrected chi connectivity index (χ3v) is 3.60. The maximum Gasteiger partial charge on any atom is 0.345 e. The Hall–Kier alpha value is -1.92. The van der Waals surface area contributed by atoms with Gasteiger partial charge in [-0.15, -0.1) is 11.3 Å². The summed E-state index contributed by atoms with van der Waals surface area (Å²) in [6, 6.07) is 7.24. The van der Waals surface area contributed by atoms with E-state index in [9.17, 15) is 4.79 Å². The maximum absolute atomic E-state index is 10.8. The van der Waals surface area contributed by atoms with Gasteiger partial charge in [-0.25, -0.2) is 9.78 Å². The van der Waals surface area contributed by atoms with E-state index in [0.29, 0.717) is 23.8 Å². The number of ether oxygens (including phenoxy) is 1. The van der Waals surface area contributed by atoms with Crippen LogP contribution in [0.15, 0.2) is 30.5 Å². The smallest absolute Gasteiger partial charge is 0.345 e. The number of nitrogens with one attached hydrogen (secondary N) is 1. The van der Waals surface area contributed by atoms with Crippen LogP contribution in [-0.2, 0) is 13.1 Å². The molecule has 6 heteroatoms. The van der Waals surface area contributed by atoms with Gasteiger partial charge in [0.1, 0.15) is 4.88 Å². The molecule has 0 radical (unpaired) electrons. The van der Waals surface area contributed by atoms with Gasteiger partial charge in [-0.1, -0.05) is 6.07 Å². The highest BCUT2D eigenvalue weighted by Crippen LogP contribution is 2.17. The van der Waals surface area contributed by atoms with E-state index >= 15 is 0 Å². The first kappa shape index (κ1) is 13.5. The second kappa shape index (κ2) is 6.31. The Morgan fingerprint density at radius 2 is 2.26 bits per heavy atom. The van der Waals surface area contributed by atoms with Crippen LogP contribution in [0.3, 0.4) is 0 Å². The number of pyridine rings is 1. The van der Waals surface area contributed by atoms with Gasteiger partial charge >= 0.3 is 5.97 Å². The summed E-state index contributed by atoms with van der Waals surface area (Å²) in [7, 11) is 1.59. The molecule has 2 aromatic heterocycles. The minimum atomic E-state index is -0.884. The SMILES string of the molecule is COc1ncccc1CNCc1ccc(C(=O)O)s1. The number of aromatic nitrogens is 1. The molecule has 100 valence electrons. The molecule has 0 aliphatic heterocycles. The number of carbonyl (C=O) groups is 1. The highest BCUT2D eigenvalue weighted by molar-refractivity contribution is 7.13. The van der Waals surface area contributed by atoms with Crippen molar-refractivity contribution >= 4 is 17.3 Å². The van der Waals surface area contributed by atoms with E-state index in [-0.39, 0.29) is 0 Å². The predicted molar refractivity (Wildman–Crippen MR) is 72.6 cm³/mol. The van der Waals surface area contributed by atoms with E-state index in [1.807, 2.05) is 18.2 Å². The average molecular weight is 278 g/mol. The van der Waals surface area contributed by atoms with Gasteiger partial charge in [0.25, 0.3) is 0 Å². The second-order valence-corrected chi connectivity index (χ2v) is 5.01. The van der Waals surface area contributed by atoms with E-state index in [1.54, 1.807) is 19.4 Å². The highest BCUT2D eigenvalue weighted by Gasteiger charge is 2.07. The van der Waals surface area contributed by atoms with Crippen molar-refractivity contribution in [3.05, 3.63) is 45.8 Å². The lowest BCUT2D eigenvalue weighted by Crippen LogP contribution is -2.12. The molecule has 0 fully saturated rings. The molecule has 5 nitrogen and oxygen atoms in total. The topological polar surface area (TPSA) is 71.5 Å². The van der Waals surface area contributed by atoms with Gasteiger partial charge in [-0.3, -0.25) is 0 Å². The van der Waals surface area contributed by atoms with Gasteiger partial charge < -0.3 is 15.2 Å². The predicted octanol–water partition coefficient (Wildman–Crippen LogP) is 2.14. The van der Waals surface area contributed by atoms with Crippen molar-refractivity contribution < 1.29 is 14.6 Å². The fourth-order valence-electron chi connectivity index (χ4n) is 1.65. The first-order chi connectivity index (χ1) is 9.20. The van der Waals surface area contributed by atoms with Crippen LogP contribution in [0.1, 0.15) is 20.1 Å². The summed E-state index contributed by atoms with van der Waals surface area (Å²) in [6.45, 7) is 1.24. The summed E-state index contributed by atoms with van der Waals surface area (Å²) in [5.41, 5.74) is 0.972. The molecule has 2 N–H and O–H groups in total. The Labute approximate surface area is 114 Å². The standard InChI is InChI=1S/C13H14N2O3S/c1-18-12-9(3-2-6-15-12)7-14-8-10-4-5-11(19-10)13(16)17/h2-6,14H,7-8H2,1H3,(H,16,17). The zero-order chi connectivity index (χ0) is 13.7. The Kier molecular flexibility index (Phi) is 4.48. The third kappa shape index (κ3) is 3.52. The fraction of sp³-hybridized carbons (Fsp3) is 0.231. The Balaban J connectivity index is 1.90. The number of hydrogen-bond donors (Lipinski definition) is 2. The number of rotatable bonds is 6. The zero-order valence-electron chi connectivity index (χ0n) is 10.4. The summed E-state index contributed by atoms with van der Waals surface area (Å²) in [6.07, 6.45) is 1.68. The summed E-state index contributed by atoms with van der Waals surface area (Å²) >= 11 is 1.28. The molecule has 0 saturated heterocycles. The molecule has 0 saturated carbocycles. The third-order valence-electron chi connectivity index (χ3n) is 2.53. The van der Waals surface area contributed by atoms with E-state index in [0.717, 1.165) is 10.4 Å². The van der Waals surface area contributed by atoms with Crippen molar-refractivity contribution in [2.45, 2.75) is 13.1 Å². The van der Waals surface area contributed by atoms with Crippen molar-refractivity contribution in [1.82, 2.24) is 10.3 Å². The number of carboxylic acids is 1. The minimum absolute atomic E-state index is 0.357. The molecule has 0 atom stereocenters. The molecule has 19 heavy (non-hydrogen) atoms. The van der Waals surface area contributed by atoms with Crippen LogP contribution < -0.4 is 10.1 Å². The average Bonchev–Trinajstić information content (AvgIpc) is 2.88. The number of nitrogens with zero attached hydrogens (tertiary/aromatic N) is 1. The number of thiophene rings is 1. The Morgan fingerprint density at radius 3 is 2.95 bits per heavy atom. The maximum atomic E-state index is 10.8. The largest absolute Gasteiger partial charge is 0.481 e. The van der Waals surface area contributed by atoms with Crippen molar-refractivity contribution in [1.29, 1.82) is 0 Å². The van der Waals surface area contributed by atoms with E-state index in [2.05, 4.69) is 10.3 Å². The quantitative estimate of drug-likeness (QED) is 0.847. The van der Waals surface area contributed by atoms with Crippen LogP contribution in [0.4, 0.5) is 0 Å². The molecule has 0 aromatic carbocycles. The molecular formula is C13H14N2O3S. The van der Waals surface area contributed by atoms with Gasteiger partial charge in [0.05, 0.1) is 7.11 Å². The number of aromatic carboxylic acids is 1. The molecule has 0 bridgehead atoms. The zero-order valence-corrected chi connectivity index (χ0v) is 11.2. The van der Waals surface area contributed by atoms with Gasteiger partial charge in [0.15, 0.2) is 0 Å². The molecular weight excluding hydrogens is 264 g/mol. The van der Waals surface area contributed by atoms with Crippen molar-refractivity contribution in [3.63, 3.8) is 0 Å². The van der Waals surface area contributed by atoms with Crippen molar-refractivity contribution in [2.24, 2.45) is 0 Å². The molecule has 0 aliphatic rings. The fourth-order valence-corrected chi connectivity index (χ4v) is 2.47. The molecule has 2 aromatic rings. The van der Waals surface area contributed by atoms with Crippen LogP contribution in [0.25, 0.3) is 0 Å². The van der Waals surface area contributed by atoms with Crippen molar-refractivity contribution in [2.75, 3.05) is 7.11 Å². The lowest BCUT2D eigenvalue weighted by molar-refractivity contribution is 0.0702. The van der Waals surface area contributed by atoms with Gasteiger partial charge in [-0.05, 0) is 18.2 Å². The lowest BCUT2D eigenvalue weighted by Gasteiger charge is -2.07. The first-order valence-corrected chi connectivity index (χ1v) is 6.53. The lowest BCUT2D eigenvalue weighted by atomic mass is 10.2. The van der Waals surface area contributed by atoms with Crippen LogP contribution in [0, 0.1) is 0 Å². The van der Waals surface area contributed by atoms with Gasteiger partial charge in [0.2, 0.25) is 5.88 Å². The van der Waals surface area contributed by atoms with E-state index in [1.165, 1.54) is 11.3 Å². The summed E-state index contributed by atoms with van der Waals surface area (Å²) in [4.78, 5) is 16.2. The molecule has 2 heterocycles. The molecule has 0 aliphatic carbocycles. The molecule has 0 spiro atoms. The van der Waals surface area contributed by atoms with Crippen LogP contribution in [-0.4, -0.2) is 23.2 Å². The molecule has 0 unspecified atom stereocenters. The van der Waals surface area contributed by atoms with Gasteiger partial charge in [0, 0.05) is 29.7 Å². The first-order valence-electron chi connectivity index (χ1n) is 5.71. The van der Waals surface area contributed by atoms with E-state index < -0.39 is 5.97 Å². The number of hydrogen-bond acceptors (Lipinski definition) is 5. The summed E-state index contributed by atoms with van der Waals surface area (Å²) < 4.78 is 5.16. The Bertz CT molecular complexity index is 569. The molecule has 2 rings (SSSR count). The van der Waals surface area contributed by atoms with E-state index in [4.69, 9.17) is 9.84 Å². The minimum Gasteiger partial charge on any atom is -0.481 e. The van der Waals surface area contributed by atoms with Crippen molar-refractivity contribution in [3.8, 4) is 5.88 Å². The monoisotopic (exact) mass is 278 g/mol. The summed E-state index contributed by atoms with van der Waals surface area (Å²) in [5.74, 6) is -0.280. The van der Waals surface area contributed by atoms with Crippen LogP contribution in [0.5, 0.6) is 5.88 Å². The normalized spacial score (nSPS) is 10.4. The van der Waals surface area contributed by atoms with Crippen LogP contribution >= 0.6 is 11.3 Å². The summed E-state index contributed by atoms with van der Waals surface area (Å²) in [5, 5.41) is 12.1.